The fourth-order valence-electron chi connectivity index (χ4n) is 4.69. The fraction of sp³-hybridized carbons (Fsp3) is 0.235. The number of halogens is 2. The Hall–Kier alpha value is -4.21. The number of nitrogens with one attached hydrogen (secondary N) is 1. The summed E-state index contributed by atoms with van der Waals surface area (Å²) in [4.78, 5) is 29.4. The number of anilines is 1. The number of amides is 2. The van der Waals surface area contributed by atoms with Gasteiger partial charge in [0, 0.05) is 24.6 Å². The van der Waals surface area contributed by atoms with Crippen LogP contribution < -0.4 is 9.62 Å². The molecule has 0 heterocycles. The van der Waals surface area contributed by atoms with Gasteiger partial charge < -0.3 is 10.2 Å². The summed E-state index contributed by atoms with van der Waals surface area (Å²) in [5.41, 5.74) is 1.06. The molecule has 0 bridgehead atoms. The van der Waals surface area contributed by atoms with Crippen molar-refractivity contribution in [3.63, 3.8) is 0 Å². The molecule has 0 saturated carbocycles. The van der Waals surface area contributed by atoms with Gasteiger partial charge in [-0.1, -0.05) is 97.4 Å². The lowest BCUT2D eigenvalue weighted by Crippen LogP contribution is -2.54. The highest BCUT2D eigenvalue weighted by atomic mass is 35.5. The molecule has 4 aromatic carbocycles. The predicted molar refractivity (Wildman–Crippen MR) is 171 cm³/mol. The zero-order valence-corrected chi connectivity index (χ0v) is 26.1. The number of nitrogens with zero attached hydrogens (tertiary/aromatic N) is 2. The number of carbonyl (C=O) groups excluding carboxylic acids is 2. The Labute approximate surface area is 263 Å². The van der Waals surface area contributed by atoms with Gasteiger partial charge in [-0.25, -0.2) is 12.8 Å². The third-order valence-corrected chi connectivity index (χ3v) is 9.40. The molecule has 4 rings (SSSR count). The first-order valence-corrected chi connectivity index (χ1v) is 16.1. The summed E-state index contributed by atoms with van der Waals surface area (Å²) in [7, 11) is -4.29. The second-order valence-electron chi connectivity index (χ2n) is 10.4. The quantitative estimate of drug-likeness (QED) is 0.189. The van der Waals surface area contributed by atoms with E-state index in [9.17, 15) is 22.4 Å². The highest BCUT2D eigenvalue weighted by Gasteiger charge is 2.35. The second kappa shape index (κ2) is 15.0. The van der Waals surface area contributed by atoms with Crippen molar-refractivity contribution in [3.05, 3.63) is 131 Å². The van der Waals surface area contributed by atoms with Gasteiger partial charge in [0.05, 0.1) is 15.6 Å². The number of para-hydroxylation sites is 1. The van der Waals surface area contributed by atoms with Gasteiger partial charge in [-0.2, -0.15) is 0 Å². The third-order valence-electron chi connectivity index (χ3n) is 7.30. The summed E-state index contributed by atoms with van der Waals surface area (Å²) in [6, 6.07) is 27.9. The predicted octanol–water partition coefficient (Wildman–Crippen LogP) is 6.23. The van der Waals surface area contributed by atoms with Crippen LogP contribution in [0.4, 0.5) is 10.1 Å². The molecule has 0 fully saturated rings. The number of hydrogen-bond acceptors (Lipinski definition) is 4. The summed E-state index contributed by atoms with van der Waals surface area (Å²) in [5.74, 6) is -1.68. The van der Waals surface area contributed by atoms with Crippen LogP contribution in [-0.2, 0) is 32.6 Å². The first-order chi connectivity index (χ1) is 21.1. The lowest BCUT2D eigenvalue weighted by atomic mass is 10.0. The third kappa shape index (κ3) is 8.03. The van der Waals surface area contributed by atoms with Crippen LogP contribution >= 0.6 is 11.6 Å². The number of sulfonamides is 1. The van der Waals surface area contributed by atoms with Crippen LogP contribution in [0.1, 0.15) is 31.4 Å². The van der Waals surface area contributed by atoms with Gasteiger partial charge in [-0.3, -0.25) is 13.9 Å². The van der Waals surface area contributed by atoms with Crippen molar-refractivity contribution in [1.82, 2.24) is 10.2 Å². The molecule has 4 aromatic rings. The van der Waals surface area contributed by atoms with Crippen molar-refractivity contribution >= 4 is 39.1 Å². The van der Waals surface area contributed by atoms with E-state index in [0.29, 0.717) is 6.42 Å². The van der Waals surface area contributed by atoms with Crippen molar-refractivity contribution in [1.29, 1.82) is 0 Å². The largest absolute Gasteiger partial charge is 0.352 e. The van der Waals surface area contributed by atoms with Crippen molar-refractivity contribution < 1.29 is 22.4 Å². The van der Waals surface area contributed by atoms with E-state index in [-0.39, 0.29) is 40.2 Å². The van der Waals surface area contributed by atoms with Gasteiger partial charge >= 0.3 is 0 Å². The molecule has 44 heavy (non-hydrogen) atoms. The first kappa shape index (κ1) is 32.7. The SMILES string of the molecule is CCC(C)NC(=O)C(Cc1ccccc1)N(Cc1ccccc1F)C(=O)CN(c1ccccc1Cl)S(=O)(=O)c1ccccc1. The van der Waals surface area contributed by atoms with E-state index in [0.717, 1.165) is 9.87 Å². The molecule has 0 aliphatic carbocycles. The summed E-state index contributed by atoms with van der Waals surface area (Å²) in [5, 5.41) is 3.08. The molecule has 2 atom stereocenters. The van der Waals surface area contributed by atoms with Crippen LogP contribution in [0.25, 0.3) is 0 Å². The van der Waals surface area contributed by atoms with E-state index < -0.39 is 40.2 Å². The van der Waals surface area contributed by atoms with Crippen molar-refractivity contribution in [2.45, 2.75) is 50.2 Å². The van der Waals surface area contributed by atoms with Crippen LogP contribution in [0.15, 0.2) is 114 Å². The highest BCUT2D eigenvalue weighted by Crippen LogP contribution is 2.31. The zero-order valence-electron chi connectivity index (χ0n) is 24.6. The molecule has 0 spiro atoms. The van der Waals surface area contributed by atoms with Gasteiger partial charge in [0.2, 0.25) is 11.8 Å². The standard InChI is InChI=1S/C34H35ClFN3O4S/c1-3-25(2)37-34(41)32(22-26-14-6-4-7-15-26)38(23-27-16-10-12-20-30(27)36)33(40)24-39(31-21-13-11-19-29(31)35)44(42,43)28-17-8-5-9-18-28/h4-21,25,32H,3,22-24H2,1-2H3,(H,37,41). The molecule has 0 saturated heterocycles. The summed E-state index contributed by atoms with van der Waals surface area (Å²) >= 11 is 6.47. The summed E-state index contributed by atoms with van der Waals surface area (Å²) < 4.78 is 43.9. The molecule has 1 N–H and O–H groups in total. The van der Waals surface area contributed by atoms with Crippen LogP contribution in [-0.4, -0.2) is 43.8 Å². The maximum atomic E-state index is 15.0. The maximum Gasteiger partial charge on any atom is 0.264 e. The summed E-state index contributed by atoms with van der Waals surface area (Å²) in [6.45, 7) is 2.83. The lowest BCUT2D eigenvalue weighted by molar-refractivity contribution is -0.140. The van der Waals surface area contributed by atoms with Gasteiger partial charge in [0.1, 0.15) is 18.4 Å². The number of benzene rings is 4. The van der Waals surface area contributed by atoms with E-state index in [1.165, 1.54) is 47.4 Å². The van der Waals surface area contributed by atoms with Crippen LogP contribution in [0.2, 0.25) is 5.02 Å². The lowest BCUT2D eigenvalue weighted by Gasteiger charge is -2.34. The molecular formula is C34H35ClFN3O4S. The molecule has 0 aliphatic heterocycles. The Morgan fingerprint density at radius 2 is 1.45 bits per heavy atom. The average molecular weight is 636 g/mol. The number of carbonyl (C=O) groups is 2. The highest BCUT2D eigenvalue weighted by molar-refractivity contribution is 7.92. The molecular weight excluding hydrogens is 601 g/mol. The number of rotatable bonds is 13. The Morgan fingerprint density at radius 1 is 0.864 bits per heavy atom. The van der Waals surface area contributed by atoms with Crippen molar-refractivity contribution in [2.75, 3.05) is 10.8 Å². The maximum absolute atomic E-state index is 15.0. The first-order valence-electron chi connectivity index (χ1n) is 14.3. The topological polar surface area (TPSA) is 86.8 Å². The molecule has 2 amide bonds. The van der Waals surface area contributed by atoms with E-state index >= 15 is 0 Å². The monoisotopic (exact) mass is 635 g/mol. The minimum absolute atomic E-state index is 0.0382. The van der Waals surface area contributed by atoms with E-state index in [1.54, 1.807) is 36.4 Å². The Kier molecular flexibility index (Phi) is 11.1. The number of hydrogen-bond donors (Lipinski definition) is 1. The Bertz CT molecular complexity index is 1670. The molecule has 0 aliphatic rings. The zero-order chi connectivity index (χ0) is 31.7. The van der Waals surface area contributed by atoms with Crippen molar-refractivity contribution in [3.8, 4) is 0 Å². The van der Waals surface area contributed by atoms with E-state index in [2.05, 4.69) is 5.32 Å². The average Bonchev–Trinajstić information content (AvgIpc) is 3.03. The van der Waals surface area contributed by atoms with E-state index in [1.807, 2.05) is 44.2 Å². The molecule has 0 aromatic heterocycles. The second-order valence-corrected chi connectivity index (χ2v) is 12.7. The van der Waals surface area contributed by atoms with Gasteiger partial charge in [0.25, 0.3) is 10.0 Å². The van der Waals surface area contributed by atoms with Crippen LogP contribution in [0, 0.1) is 5.82 Å². The summed E-state index contributed by atoms with van der Waals surface area (Å²) in [6.07, 6.45) is 0.779. The molecule has 10 heteroatoms. The normalized spacial score (nSPS) is 12.6. The van der Waals surface area contributed by atoms with Crippen LogP contribution in [0.3, 0.4) is 0 Å². The molecule has 0 radical (unpaired) electrons. The van der Waals surface area contributed by atoms with Crippen molar-refractivity contribution in [2.24, 2.45) is 0 Å². The molecule has 7 nitrogen and oxygen atoms in total. The van der Waals surface area contributed by atoms with Gasteiger partial charge in [-0.05, 0) is 49.2 Å². The fourth-order valence-corrected chi connectivity index (χ4v) is 6.43. The molecule has 2 unspecified atom stereocenters. The van der Waals surface area contributed by atoms with Crippen LogP contribution in [0.5, 0.6) is 0 Å². The smallest absolute Gasteiger partial charge is 0.264 e. The van der Waals surface area contributed by atoms with E-state index in [4.69, 9.17) is 11.6 Å². The van der Waals surface area contributed by atoms with Gasteiger partial charge in [-0.15, -0.1) is 0 Å². The Balaban J connectivity index is 1.82. The minimum atomic E-state index is -4.29. The molecule has 230 valence electrons. The minimum Gasteiger partial charge on any atom is -0.352 e. The van der Waals surface area contributed by atoms with Gasteiger partial charge in [0.15, 0.2) is 0 Å². The Morgan fingerprint density at radius 3 is 2.09 bits per heavy atom.